The van der Waals surface area contributed by atoms with Gasteiger partial charge in [-0.05, 0) is 17.8 Å². The molecule has 1 unspecified atom stereocenters. The molecule has 2 N–H and O–H groups in total. The first kappa shape index (κ1) is 14.9. The monoisotopic (exact) mass is 295 g/mol. The van der Waals surface area contributed by atoms with Crippen LogP contribution in [0.1, 0.15) is 17.5 Å². The number of H-pyrrole nitrogens is 1. The number of nitrogens with one attached hydrogen (secondary N) is 1. The SMILES string of the molecule is COC(Cn1c(C(O)c2ccccc2)n[nH]c1=S)OC. The Morgan fingerprint density at radius 2 is 1.95 bits per heavy atom. The van der Waals surface area contributed by atoms with Crippen molar-refractivity contribution in [2.75, 3.05) is 14.2 Å². The van der Waals surface area contributed by atoms with Gasteiger partial charge in [-0.25, -0.2) is 0 Å². The number of hydrogen-bond acceptors (Lipinski definition) is 5. The number of methoxy groups -OCH3 is 2. The van der Waals surface area contributed by atoms with Gasteiger partial charge in [-0.3, -0.25) is 9.67 Å². The zero-order valence-corrected chi connectivity index (χ0v) is 12.1. The maximum atomic E-state index is 10.4. The molecule has 0 radical (unpaired) electrons. The van der Waals surface area contributed by atoms with Crippen molar-refractivity contribution < 1.29 is 14.6 Å². The van der Waals surface area contributed by atoms with Crippen molar-refractivity contribution in [3.63, 3.8) is 0 Å². The van der Waals surface area contributed by atoms with Gasteiger partial charge in [0.25, 0.3) is 0 Å². The van der Waals surface area contributed by atoms with Crippen molar-refractivity contribution >= 4 is 12.2 Å². The molecule has 1 aromatic carbocycles. The third-order valence-corrected chi connectivity index (χ3v) is 3.32. The highest BCUT2D eigenvalue weighted by Gasteiger charge is 2.20. The maximum absolute atomic E-state index is 10.4. The molecule has 0 aliphatic carbocycles. The largest absolute Gasteiger partial charge is 0.380 e. The van der Waals surface area contributed by atoms with E-state index in [1.807, 2.05) is 30.3 Å². The second-order valence-corrected chi connectivity index (χ2v) is 4.60. The lowest BCUT2D eigenvalue weighted by molar-refractivity contribution is -0.111. The molecule has 108 valence electrons. The van der Waals surface area contributed by atoms with Crippen molar-refractivity contribution in [2.45, 2.75) is 18.9 Å². The highest BCUT2D eigenvalue weighted by atomic mass is 32.1. The number of rotatable bonds is 6. The number of nitrogens with zero attached hydrogens (tertiary/aromatic N) is 2. The molecule has 2 aromatic rings. The predicted octanol–water partition coefficient (Wildman–Crippen LogP) is 1.64. The van der Waals surface area contributed by atoms with Gasteiger partial charge in [0.2, 0.25) is 0 Å². The Bertz CT molecular complexity index is 592. The van der Waals surface area contributed by atoms with Crippen LogP contribution in [-0.2, 0) is 16.0 Å². The standard InChI is InChI=1S/C13H17N3O3S/c1-18-10(19-2)8-16-12(14-15-13(16)20)11(17)9-6-4-3-5-7-9/h3-7,10-11,17H,8H2,1-2H3,(H,15,20). The minimum Gasteiger partial charge on any atom is -0.380 e. The molecular weight excluding hydrogens is 278 g/mol. The van der Waals surface area contributed by atoms with Crippen molar-refractivity contribution in [3.8, 4) is 0 Å². The van der Waals surface area contributed by atoms with Gasteiger partial charge in [0.1, 0.15) is 6.10 Å². The summed E-state index contributed by atoms with van der Waals surface area (Å²) in [7, 11) is 3.09. The van der Waals surface area contributed by atoms with Crippen LogP contribution in [0.15, 0.2) is 30.3 Å². The summed E-state index contributed by atoms with van der Waals surface area (Å²) in [6.07, 6.45) is -1.32. The third-order valence-electron chi connectivity index (χ3n) is 3.01. The van der Waals surface area contributed by atoms with E-state index in [0.29, 0.717) is 17.1 Å². The van der Waals surface area contributed by atoms with Crippen molar-refractivity contribution in [1.82, 2.24) is 14.8 Å². The Morgan fingerprint density at radius 3 is 2.55 bits per heavy atom. The zero-order chi connectivity index (χ0) is 14.5. The summed E-state index contributed by atoms with van der Waals surface area (Å²) >= 11 is 5.18. The normalized spacial score (nSPS) is 12.8. The number of aliphatic hydroxyl groups is 1. The summed E-state index contributed by atoms with van der Waals surface area (Å²) in [6, 6.07) is 9.27. The van der Waals surface area contributed by atoms with Crippen molar-refractivity contribution in [2.24, 2.45) is 0 Å². The van der Waals surface area contributed by atoms with Gasteiger partial charge < -0.3 is 14.6 Å². The van der Waals surface area contributed by atoms with E-state index in [2.05, 4.69) is 10.2 Å². The number of ether oxygens (including phenoxy) is 2. The van der Waals surface area contributed by atoms with Crippen LogP contribution in [0.25, 0.3) is 0 Å². The first-order valence-corrected chi connectivity index (χ1v) is 6.52. The number of aliphatic hydroxyl groups excluding tert-OH is 1. The smallest absolute Gasteiger partial charge is 0.195 e. The van der Waals surface area contributed by atoms with Gasteiger partial charge in [0, 0.05) is 14.2 Å². The summed E-state index contributed by atoms with van der Waals surface area (Å²) in [5.74, 6) is 0.431. The first-order valence-electron chi connectivity index (χ1n) is 6.11. The summed E-state index contributed by atoms with van der Waals surface area (Å²) in [5.41, 5.74) is 0.745. The summed E-state index contributed by atoms with van der Waals surface area (Å²) < 4.78 is 12.4. The molecule has 7 heteroatoms. The van der Waals surface area contributed by atoms with Gasteiger partial charge in [-0.2, -0.15) is 5.10 Å². The van der Waals surface area contributed by atoms with Crippen LogP contribution in [-0.4, -0.2) is 40.4 Å². The van der Waals surface area contributed by atoms with Crippen LogP contribution >= 0.6 is 12.2 Å². The average molecular weight is 295 g/mol. The van der Waals surface area contributed by atoms with Crippen molar-refractivity contribution in [1.29, 1.82) is 0 Å². The van der Waals surface area contributed by atoms with Gasteiger partial charge in [0.05, 0.1) is 6.54 Å². The minimum atomic E-state index is -0.862. The lowest BCUT2D eigenvalue weighted by Gasteiger charge is -2.17. The van der Waals surface area contributed by atoms with E-state index in [1.165, 1.54) is 0 Å². The fourth-order valence-corrected chi connectivity index (χ4v) is 2.11. The van der Waals surface area contributed by atoms with E-state index in [0.717, 1.165) is 5.56 Å². The first-order chi connectivity index (χ1) is 9.67. The number of aromatic nitrogens is 3. The molecular formula is C13H17N3O3S. The van der Waals surface area contributed by atoms with Gasteiger partial charge >= 0.3 is 0 Å². The highest BCUT2D eigenvalue weighted by molar-refractivity contribution is 7.71. The van der Waals surface area contributed by atoms with Crippen molar-refractivity contribution in [3.05, 3.63) is 46.5 Å². The molecule has 0 bridgehead atoms. The molecule has 1 aromatic heterocycles. The van der Waals surface area contributed by atoms with E-state index in [1.54, 1.807) is 18.8 Å². The topological polar surface area (TPSA) is 72.3 Å². The fraction of sp³-hybridized carbons (Fsp3) is 0.385. The van der Waals surface area contributed by atoms with Crippen LogP contribution in [0.2, 0.25) is 0 Å². The van der Waals surface area contributed by atoms with Crippen LogP contribution in [0.3, 0.4) is 0 Å². The van der Waals surface area contributed by atoms with Crippen LogP contribution < -0.4 is 0 Å². The molecule has 1 atom stereocenters. The van der Waals surface area contributed by atoms with Gasteiger partial charge in [0.15, 0.2) is 16.9 Å². The number of hydrogen-bond donors (Lipinski definition) is 2. The van der Waals surface area contributed by atoms with E-state index >= 15 is 0 Å². The lowest BCUT2D eigenvalue weighted by Crippen LogP contribution is -2.23. The molecule has 1 heterocycles. The lowest BCUT2D eigenvalue weighted by atomic mass is 10.1. The van der Waals surface area contributed by atoms with Crippen LogP contribution in [0.5, 0.6) is 0 Å². The molecule has 0 saturated heterocycles. The molecule has 0 spiro atoms. The molecule has 20 heavy (non-hydrogen) atoms. The summed E-state index contributed by atoms with van der Waals surface area (Å²) in [5, 5.41) is 17.2. The summed E-state index contributed by atoms with van der Waals surface area (Å²) in [4.78, 5) is 0. The number of benzene rings is 1. The quantitative estimate of drug-likeness (QED) is 0.626. The van der Waals surface area contributed by atoms with Crippen LogP contribution in [0, 0.1) is 4.77 Å². The molecule has 6 nitrogen and oxygen atoms in total. The molecule has 0 amide bonds. The maximum Gasteiger partial charge on any atom is 0.195 e. The summed E-state index contributed by atoms with van der Waals surface area (Å²) in [6.45, 7) is 0.349. The molecule has 2 rings (SSSR count). The van der Waals surface area contributed by atoms with E-state index in [4.69, 9.17) is 21.7 Å². The second-order valence-electron chi connectivity index (χ2n) is 4.21. The molecule has 0 aliphatic rings. The van der Waals surface area contributed by atoms with Gasteiger partial charge in [-0.15, -0.1) is 0 Å². The Labute approximate surface area is 122 Å². The van der Waals surface area contributed by atoms with Crippen LogP contribution in [0.4, 0.5) is 0 Å². The number of aromatic amines is 1. The molecule has 0 aliphatic heterocycles. The molecule has 0 saturated carbocycles. The molecule has 0 fully saturated rings. The minimum absolute atomic E-state index is 0.349. The van der Waals surface area contributed by atoms with E-state index in [-0.39, 0.29) is 0 Å². The second kappa shape index (κ2) is 6.76. The fourth-order valence-electron chi connectivity index (χ4n) is 1.89. The predicted molar refractivity (Wildman–Crippen MR) is 75.7 cm³/mol. The Kier molecular flexibility index (Phi) is 5.02. The Hall–Kier alpha value is -1.54. The van der Waals surface area contributed by atoms with E-state index in [9.17, 15) is 5.11 Å². The highest BCUT2D eigenvalue weighted by Crippen LogP contribution is 2.20. The third kappa shape index (κ3) is 3.13. The van der Waals surface area contributed by atoms with Gasteiger partial charge in [-0.1, -0.05) is 30.3 Å². The van der Waals surface area contributed by atoms with E-state index < -0.39 is 12.4 Å². The Morgan fingerprint density at radius 1 is 1.30 bits per heavy atom. The average Bonchev–Trinajstić information content (AvgIpc) is 2.85. The Balaban J connectivity index is 2.31. The zero-order valence-electron chi connectivity index (χ0n) is 11.3.